The lowest BCUT2D eigenvalue weighted by atomic mass is 9.94. The number of amides is 1. The summed E-state index contributed by atoms with van der Waals surface area (Å²) in [4.78, 5) is 32.1. The SMILES string of the molecule is COc1c(Cl)cc(/C(O)=C2\C(=O)C(=O)N(Cc3cccnc3)C2c2cccc(C)c2)c(OC)c1Cl. The summed E-state index contributed by atoms with van der Waals surface area (Å²) in [7, 11) is 2.76. The van der Waals surface area contributed by atoms with Crippen molar-refractivity contribution in [2.45, 2.75) is 19.5 Å². The maximum absolute atomic E-state index is 13.3. The first kappa shape index (κ1) is 24.6. The van der Waals surface area contributed by atoms with Crippen molar-refractivity contribution in [3.8, 4) is 11.5 Å². The molecule has 7 nitrogen and oxygen atoms in total. The van der Waals surface area contributed by atoms with Crippen molar-refractivity contribution in [2.75, 3.05) is 14.2 Å². The molecule has 1 unspecified atom stereocenters. The Bertz CT molecular complexity index is 1340. The number of methoxy groups -OCH3 is 2. The molecular formula is C26H22Cl2N2O5. The number of aromatic nitrogens is 1. The maximum atomic E-state index is 13.3. The summed E-state index contributed by atoms with van der Waals surface area (Å²) in [6.45, 7) is 2.03. The molecule has 4 rings (SSSR count). The number of hydrogen-bond acceptors (Lipinski definition) is 6. The van der Waals surface area contributed by atoms with Gasteiger partial charge in [0.15, 0.2) is 11.5 Å². The fraction of sp³-hybridized carbons (Fsp3) is 0.192. The Balaban J connectivity index is 1.95. The van der Waals surface area contributed by atoms with Gasteiger partial charge in [-0.05, 0) is 30.2 Å². The van der Waals surface area contributed by atoms with Crippen LogP contribution in [-0.4, -0.2) is 40.9 Å². The number of carbonyl (C=O) groups excluding carboxylic acids is 2. The highest BCUT2D eigenvalue weighted by molar-refractivity contribution is 6.47. The van der Waals surface area contributed by atoms with E-state index in [1.165, 1.54) is 25.2 Å². The molecule has 1 fully saturated rings. The van der Waals surface area contributed by atoms with Crippen LogP contribution in [0.4, 0.5) is 0 Å². The molecular weight excluding hydrogens is 491 g/mol. The molecule has 1 saturated heterocycles. The van der Waals surface area contributed by atoms with E-state index in [0.717, 1.165) is 11.1 Å². The fourth-order valence-corrected chi connectivity index (χ4v) is 4.90. The van der Waals surface area contributed by atoms with Gasteiger partial charge >= 0.3 is 0 Å². The van der Waals surface area contributed by atoms with Crippen molar-refractivity contribution in [3.63, 3.8) is 0 Å². The number of halogens is 2. The van der Waals surface area contributed by atoms with Crippen molar-refractivity contribution in [3.05, 3.63) is 92.7 Å². The zero-order valence-electron chi connectivity index (χ0n) is 19.2. The largest absolute Gasteiger partial charge is 0.507 e. The third-order valence-corrected chi connectivity index (χ3v) is 6.39. The Hall–Kier alpha value is -3.55. The molecule has 0 saturated carbocycles. The Morgan fingerprint density at radius 2 is 1.83 bits per heavy atom. The maximum Gasteiger partial charge on any atom is 0.295 e. The molecule has 1 aromatic heterocycles. The first-order valence-corrected chi connectivity index (χ1v) is 11.4. The van der Waals surface area contributed by atoms with Gasteiger partial charge in [-0.25, -0.2) is 0 Å². The molecule has 0 spiro atoms. The van der Waals surface area contributed by atoms with E-state index in [0.29, 0.717) is 5.56 Å². The van der Waals surface area contributed by atoms with Crippen LogP contribution >= 0.6 is 23.2 Å². The average Bonchev–Trinajstić information content (AvgIpc) is 3.09. The summed E-state index contributed by atoms with van der Waals surface area (Å²) in [6.07, 6.45) is 3.25. The minimum absolute atomic E-state index is 0.0285. The number of rotatable bonds is 6. The van der Waals surface area contributed by atoms with Crippen molar-refractivity contribution >= 4 is 40.7 Å². The fourth-order valence-electron chi connectivity index (χ4n) is 4.21. The van der Waals surface area contributed by atoms with Gasteiger partial charge in [-0.3, -0.25) is 14.6 Å². The molecule has 1 aliphatic heterocycles. The van der Waals surface area contributed by atoms with Crippen LogP contribution in [0.15, 0.2) is 60.4 Å². The summed E-state index contributed by atoms with van der Waals surface area (Å²) in [5, 5.41) is 11.6. The molecule has 35 heavy (non-hydrogen) atoms. The van der Waals surface area contributed by atoms with Gasteiger partial charge in [-0.15, -0.1) is 0 Å². The number of likely N-dealkylation sites (tertiary alicyclic amines) is 1. The first-order valence-electron chi connectivity index (χ1n) is 10.6. The minimum Gasteiger partial charge on any atom is -0.507 e. The number of pyridine rings is 1. The lowest BCUT2D eigenvalue weighted by Crippen LogP contribution is -2.29. The molecule has 180 valence electrons. The number of benzene rings is 2. The van der Waals surface area contributed by atoms with E-state index in [1.54, 1.807) is 24.5 Å². The lowest BCUT2D eigenvalue weighted by molar-refractivity contribution is -0.140. The Morgan fingerprint density at radius 1 is 1.09 bits per heavy atom. The van der Waals surface area contributed by atoms with Gasteiger partial charge in [-0.1, -0.05) is 59.1 Å². The van der Waals surface area contributed by atoms with Crippen molar-refractivity contribution < 1.29 is 24.2 Å². The summed E-state index contributed by atoms with van der Waals surface area (Å²) < 4.78 is 10.6. The van der Waals surface area contributed by atoms with E-state index >= 15 is 0 Å². The van der Waals surface area contributed by atoms with Gasteiger partial charge in [0.1, 0.15) is 10.8 Å². The highest BCUT2D eigenvalue weighted by Gasteiger charge is 2.46. The van der Waals surface area contributed by atoms with Crippen LogP contribution in [0.1, 0.15) is 28.3 Å². The number of ether oxygens (including phenoxy) is 2. The molecule has 0 aliphatic carbocycles. The van der Waals surface area contributed by atoms with Crippen LogP contribution in [-0.2, 0) is 16.1 Å². The van der Waals surface area contributed by atoms with Gasteiger partial charge in [0.05, 0.1) is 36.4 Å². The second kappa shape index (κ2) is 9.98. The van der Waals surface area contributed by atoms with Crippen molar-refractivity contribution in [1.29, 1.82) is 0 Å². The van der Waals surface area contributed by atoms with E-state index in [-0.39, 0.29) is 39.2 Å². The molecule has 1 N–H and O–H groups in total. The van der Waals surface area contributed by atoms with Gasteiger partial charge < -0.3 is 19.5 Å². The highest BCUT2D eigenvalue weighted by atomic mass is 35.5. The van der Waals surface area contributed by atoms with Crippen LogP contribution < -0.4 is 9.47 Å². The van der Waals surface area contributed by atoms with Gasteiger partial charge in [-0.2, -0.15) is 0 Å². The van der Waals surface area contributed by atoms with E-state index in [9.17, 15) is 14.7 Å². The molecule has 9 heteroatoms. The van der Waals surface area contributed by atoms with Crippen LogP contribution in [0.5, 0.6) is 11.5 Å². The molecule has 1 aliphatic rings. The molecule has 0 bridgehead atoms. The molecule has 0 radical (unpaired) electrons. The van der Waals surface area contributed by atoms with Gasteiger partial charge in [0.2, 0.25) is 0 Å². The summed E-state index contributed by atoms with van der Waals surface area (Å²) in [5.41, 5.74) is 2.31. The van der Waals surface area contributed by atoms with E-state index in [1.807, 2.05) is 31.2 Å². The number of Topliss-reactive ketones (excluding diaryl/α,β-unsaturated/α-hetero) is 1. The monoisotopic (exact) mass is 512 g/mol. The molecule has 2 aromatic carbocycles. The topological polar surface area (TPSA) is 89.0 Å². The normalized spacial score (nSPS) is 17.1. The van der Waals surface area contributed by atoms with E-state index in [2.05, 4.69) is 4.98 Å². The number of aliphatic hydroxyl groups is 1. The Labute approximate surface area is 212 Å². The predicted octanol–water partition coefficient (Wildman–Crippen LogP) is 5.34. The number of nitrogens with zero attached hydrogens (tertiary/aromatic N) is 2. The number of aryl methyl sites for hydroxylation is 1. The Morgan fingerprint density at radius 3 is 2.46 bits per heavy atom. The standard InChI is InChI=1S/C26H22Cl2N2O5/c1-14-6-4-8-16(10-14)21-19(23(32)26(33)30(21)13-15-7-5-9-29-12-15)22(31)17-11-18(27)25(35-3)20(28)24(17)34-2/h4-12,21,31H,13H2,1-3H3/b22-19+. The second-order valence-electron chi connectivity index (χ2n) is 7.99. The number of ketones is 1. The van der Waals surface area contributed by atoms with Crippen LogP contribution in [0, 0.1) is 6.92 Å². The molecule has 1 amide bonds. The predicted molar refractivity (Wildman–Crippen MR) is 133 cm³/mol. The van der Waals surface area contributed by atoms with Crippen molar-refractivity contribution in [1.82, 2.24) is 9.88 Å². The highest BCUT2D eigenvalue weighted by Crippen LogP contribution is 2.47. The third kappa shape index (κ3) is 4.45. The zero-order chi connectivity index (χ0) is 25.3. The summed E-state index contributed by atoms with van der Waals surface area (Å²) in [6, 6.07) is 11.5. The van der Waals surface area contributed by atoms with Gasteiger partial charge in [0, 0.05) is 18.9 Å². The molecule has 2 heterocycles. The van der Waals surface area contributed by atoms with E-state index in [4.69, 9.17) is 32.7 Å². The van der Waals surface area contributed by atoms with Crippen LogP contribution in [0.25, 0.3) is 5.76 Å². The number of hydrogen-bond donors (Lipinski definition) is 1. The first-order chi connectivity index (χ1) is 16.8. The smallest absolute Gasteiger partial charge is 0.295 e. The Kier molecular flexibility index (Phi) is 7.00. The molecule has 3 aromatic rings. The summed E-state index contributed by atoms with van der Waals surface area (Å²) >= 11 is 12.7. The average molecular weight is 513 g/mol. The van der Waals surface area contributed by atoms with Crippen LogP contribution in [0.2, 0.25) is 10.0 Å². The van der Waals surface area contributed by atoms with Crippen LogP contribution in [0.3, 0.4) is 0 Å². The van der Waals surface area contributed by atoms with Gasteiger partial charge in [0.25, 0.3) is 11.7 Å². The summed E-state index contributed by atoms with van der Waals surface area (Å²) in [5.74, 6) is -1.80. The number of aliphatic hydroxyl groups excluding tert-OH is 1. The molecule has 1 atom stereocenters. The lowest BCUT2D eigenvalue weighted by Gasteiger charge is -2.26. The van der Waals surface area contributed by atoms with Crippen molar-refractivity contribution in [2.24, 2.45) is 0 Å². The number of carbonyl (C=O) groups is 2. The zero-order valence-corrected chi connectivity index (χ0v) is 20.7. The quantitative estimate of drug-likeness (QED) is 0.272. The van der Waals surface area contributed by atoms with E-state index < -0.39 is 23.5 Å². The second-order valence-corrected chi connectivity index (χ2v) is 8.77. The minimum atomic E-state index is -0.862. The third-order valence-electron chi connectivity index (χ3n) is 5.77.